The van der Waals surface area contributed by atoms with Crippen LogP contribution in [0.25, 0.3) is 0 Å². The van der Waals surface area contributed by atoms with E-state index in [2.05, 4.69) is 31.7 Å². The van der Waals surface area contributed by atoms with E-state index in [0.717, 1.165) is 18.8 Å². The van der Waals surface area contributed by atoms with Crippen LogP contribution in [0, 0.1) is 11.8 Å². The molecule has 2 heterocycles. The zero-order valence-electron chi connectivity index (χ0n) is 10.5. The topological polar surface area (TPSA) is 59.0 Å². The Kier molecular flexibility index (Phi) is 2.94. The number of nitrogens with zero attached hydrogens (tertiary/aromatic N) is 2. The summed E-state index contributed by atoms with van der Waals surface area (Å²) in [7, 11) is 0. The van der Waals surface area contributed by atoms with Gasteiger partial charge in [-0.2, -0.15) is 5.10 Å². The molecular formula is C12H17BrN4O. The summed E-state index contributed by atoms with van der Waals surface area (Å²) in [5.74, 6) is 1.42. The van der Waals surface area contributed by atoms with Crippen molar-refractivity contribution in [1.29, 1.82) is 0 Å². The molecule has 2 unspecified atom stereocenters. The summed E-state index contributed by atoms with van der Waals surface area (Å²) in [6.45, 7) is 6.06. The third kappa shape index (κ3) is 1.87. The SMILES string of the molecule is CC(C)n1ncc(NC2C3CNCC32)c(Br)c1=O. The van der Waals surface area contributed by atoms with Crippen LogP contribution in [-0.4, -0.2) is 28.9 Å². The average molecular weight is 313 g/mol. The molecule has 1 saturated heterocycles. The Morgan fingerprint density at radius 3 is 2.78 bits per heavy atom. The molecule has 5 nitrogen and oxygen atoms in total. The number of halogens is 1. The third-order valence-electron chi connectivity index (χ3n) is 3.85. The van der Waals surface area contributed by atoms with Gasteiger partial charge in [-0.3, -0.25) is 4.79 Å². The Morgan fingerprint density at radius 1 is 1.50 bits per heavy atom. The van der Waals surface area contributed by atoms with Crippen LogP contribution in [0.5, 0.6) is 0 Å². The average Bonchev–Trinajstić information content (AvgIpc) is 2.76. The Morgan fingerprint density at radius 2 is 2.17 bits per heavy atom. The number of anilines is 1. The van der Waals surface area contributed by atoms with E-state index in [9.17, 15) is 4.79 Å². The first-order valence-corrected chi connectivity index (χ1v) is 7.13. The van der Waals surface area contributed by atoms with E-state index in [1.54, 1.807) is 6.20 Å². The van der Waals surface area contributed by atoms with E-state index in [-0.39, 0.29) is 11.6 Å². The largest absolute Gasteiger partial charge is 0.379 e. The highest BCUT2D eigenvalue weighted by Crippen LogP contribution is 2.44. The van der Waals surface area contributed by atoms with E-state index in [0.29, 0.717) is 22.4 Å². The summed E-state index contributed by atoms with van der Waals surface area (Å²) in [6, 6.07) is 0.575. The zero-order chi connectivity index (χ0) is 12.9. The molecule has 3 rings (SSSR count). The molecule has 0 amide bonds. The Labute approximate surface area is 114 Å². The van der Waals surface area contributed by atoms with Gasteiger partial charge in [0.25, 0.3) is 5.56 Å². The van der Waals surface area contributed by atoms with Gasteiger partial charge < -0.3 is 10.6 Å². The summed E-state index contributed by atoms with van der Waals surface area (Å²) in [4.78, 5) is 12.1. The lowest BCUT2D eigenvalue weighted by atomic mass is 10.3. The lowest BCUT2D eigenvalue weighted by Crippen LogP contribution is -2.27. The number of hydrogen-bond donors (Lipinski definition) is 2. The highest BCUT2D eigenvalue weighted by Gasteiger charge is 2.53. The summed E-state index contributed by atoms with van der Waals surface area (Å²) in [5, 5.41) is 11.0. The lowest BCUT2D eigenvalue weighted by Gasteiger charge is -2.13. The van der Waals surface area contributed by atoms with Crippen LogP contribution in [0.3, 0.4) is 0 Å². The van der Waals surface area contributed by atoms with Crippen molar-refractivity contribution in [3.63, 3.8) is 0 Å². The zero-order valence-corrected chi connectivity index (χ0v) is 12.1. The molecule has 1 aromatic rings. The summed E-state index contributed by atoms with van der Waals surface area (Å²) < 4.78 is 2.08. The smallest absolute Gasteiger partial charge is 0.283 e. The van der Waals surface area contributed by atoms with Crippen LogP contribution in [0.15, 0.2) is 15.5 Å². The first kappa shape index (κ1) is 12.2. The molecule has 0 radical (unpaired) electrons. The minimum Gasteiger partial charge on any atom is -0.379 e. The predicted molar refractivity (Wildman–Crippen MR) is 73.8 cm³/mol. The highest BCUT2D eigenvalue weighted by molar-refractivity contribution is 9.10. The van der Waals surface area contributed by atoms with Crippen molar-refractivity contribution < 1.29 is 0 Å². The van der Waals surface area contributed by atoms with Gasteiger partial charge in [-0.25, -0.2) is 4.68 Å². The molecule has 18 heavy (non-hydrogen) atoms. The Balaban J connectivity index is 1.81. The number of nitrogens with one attached hydrogen (secondary N) is 2. The molecule has 2 aliphatic rings. The third-order valence-corrected chi connectivity index (χ3v) is 4.61. The van der Waals surface area contributed by atoms with E-state index in [1.165, 1.54) is 4.68 Å². The van der Waals surface area contributed by atoms with Crippen molar-refractivity contribution in [3.05, 3.63) is 21.0 Å². The van der Waals surface area contributed by atoms with Crippen molar-refractivity contribution in [2.24, 2.45) is 11.8 Å². The fraction of sp³-hybridized carbons (Fsp3) is 0.667. The van der Waals surface area contributed by atoms with Crippen LogP contribution >= 0.6 is 15.9 Å². The van der Waals surface area contributed by atoms with Gasteiger partial charge in [-0.05, 0) is 41.6 Å². The van der Waals surface area contributed by atoms with Gasteiger partial charge in [0.1, 0.15) is 4.47 Å². The quantitative estimate of drug-likeness (QED) is 0.881. The molecule has 0 bridgehead atoms. The molecular weight excluding hydrogens is 296 g/mol. The van der Waals surface area contributed by atoms with E-state index in [1.807, 2.05) is 13.8 Å². The Bertz CT molecular complexity index is 517. The van der Waals surface area contributed by atoms with Gasteiger partial charge in [0.05, 0.1) is 17.9 Å². The summed E-state index contributed by atoms with van der Waals surface area (Å²) in [5.41, 5.74) is 0.746. The minimum atomic E-state index is -0.0704. The second kappa shape index (κ2) is 4.35. The fourth-order valence-electron chi connectivity index (χ4n) is 2.73. The molecule has 1 aromatic heterocycles. The predicted octanol–water partition coefficient (Wildman–Crippen LogP) is 1.22. The van der Waals surface area contributed by atoms with E-state index >= 15 is 0 Å². The second-order valence-electron chi connectivity index (χ2n) is 5.37. The molecule has 2 N–H and O–H groups in total. The van der Waals surface area contributed by atoms with Crippen LogP contribution in [0.2, 0.25) is 0 Å². The van der Waals surface area contributed by atoms with Crippen molar-refractivity contribution >= 4 is 21.6 Å². The standard InChI is InChI=1S/C12H17BrN4O/c1-6(2)17-12(18)10(13)9(5-15-17)16-11-7-3-14-4-8(7)11/h5-8,11,14,16H,3-4H2,1-2H3. The van der Waals surface area contributed by atoms with Crippen molar-refractivity contribution in [2.75, 3.05) is 18.4 Å². The number of aromatic nitrogens is 2. The fourth-order valence-corrected chi connectivity index (χ4v) is 3.12. The van der Waals surface area contributed by atoms with Crippen LogP contribution in [0.4, 0.5) is 5.69 Å². The maximum atomic E-state index is 12.1. The molecule has 0 spiro atoms. The highest BCUT2D eigenvalue weighted by atomic mass is 79.9. The van der Waals surface area contributed by atoms with Gasteiger partial charge >= 0.3 is 0 Å². The summed E-state index contributed by atoms with van der Waals surface area (Å²) >= 11 is 3.38. The number of piperidine rings is 1. The van der Waals surface area contributed by atoms with Crippen LogP contribution < -0.4 is 16.2 Å². The molecule has 1 aliphatic carbocycles. The maximum Gasteiger partial charge on any atom is 0.283 e. The van der Waals surface area contributed by atoms with Gasteiger partial charge in [0.15, 0.2) is 0 Å². The number of hydrogen-bond acceptors (Lipinski definition) is 4. The van der Waals surface area contributed by atoms with Crippen LogP contribution in [-0.2, 0) is 0 Å². The first-order valence-electron chi connectivity index (χ1n) is 6.34. The molecule has 1 aliphatic heterocycles. The summed E-state index contributed by atoms with van der Waals surface area (Å²) in [6.07, 6.45) is 1.74. The monoisotopic (exact) mass is 312 g/mol. The number of rotatable bonds is 3. The van der Waals surface area contributed by atoms with E-state index in [4.69, 9.17) is 0 Å². The van der Waals surface area contributed by atoms with Gasteiger partial charge in [-0.15, -0.1) is 0 Å². The van der Waals surface area contributed by atoms with Crippen molar-refractivity contribution in [1.82, 2.24) is 15.1 Å². The molecule has 6 heteroatoms. The molecule has 98 valence electrons. The molecule has 1 saturated carbocycles. The van der Waals surface area contributed by atoms with Crippen molar-refractivity contribution in [3.8, 4) is 0 Å². The Hall–Kier alpha value is -0.880. The van der Waals surface area contributed by atoms with Gasteiger partial charge in [0.2, 0.25) is 0 Å². The van der Waals surface area contributed by atoms with Gasteiger partial charge in [0, 0.05) is 19.1 Å². The molecule has 2 atom stereocenters. The maximum absolute atomic E-state index is 12.1. The normalized spacial score (nSPS) is 29.4. The van der Waals surface area contributed by atoms with Gasteiger partial charge in [-0.1, -0.05) is 0 Å². The van der Waals surface area contributed by atoms with Crippen LogP contribution in [0.1, 0.15) is 19.9 Å². The molecule has 0 aromatic carbocycles. The van der Waals surface area contributed by atoms with E-state index < -0.39 is 0 Å². The lowest BCUT2D eigenvalue weighted by molar-refractivity contribution is 0.501. The number of fused-ring (bicyclic) bond motifs is 1. The molecule has 2 fully saturated rings. The minimum absolute atomic E-state index is 0.0704. The first-order chi connectivity index (χ1) is 8.59. The van der Waals surface area contributed by atoms with Crippen molar-refractivity contribution in [2.45, 2.75) is 25.9 Å². The second-order valence-corrected chi connectivity index (χ2v) is 6.16.